The first-order chi connectivity index (χ1) is 12.2. The Labute approximate surface area is 155 Å². The Morgan fingerprint density at radius 2 is 1.16 bits per heavy atom. The van der Waals surface area contributed by atoms with Crippen LogP contribution in [0.1, 0.15) is 36.5 Å². The second-order valence-electron chi connectivity index (χ2n) is 6.57. The molecule has 0 fully saturated rings. The topological polar surface area (TPSA) is 0 Å². The molecule has 0 amide bonds. The third-order valence-corrected chi connectivity index (χ3v) is 6.84. The lowest BCUT2D eigenvalue weighted by atomic mass is 9.98. The number of hydrogen-bond acceptors (Lipinski definition) is 0. The quantitative estimate of drug-likeness (QED) is 0.433. The molecule has 0 saturated heterocycles. The first kappa shape index (κ1) is 17.8. The molecule has 0 aliphatic heterocycles. The third-order valence-electron chi connectivity index (χ3n) is 4.64. The fourth-order valence-corrected chi connectivity index (χ4v) is 5.61. The second-order valence-corrected chi connectivity index (χ2v) is 8.60. The Balaban J connectivity index is 2.08. The largest absolute Gasteiger partial charge is 0.167 e. The monoisotopic (exact) mass is 347 g/mol. The van der Waals surface area contributed by atoms with Crippen LogP contribution in [-0.2, 0) is 17.3 Å². The van der Waals surface area contributed by atoms with Crippen LogP contribution in [0.4, 0.5) is 0 Å². The Kier molecular flexibility index (Phi) is 5.99. The Hall–Kier alpha value is -1.99. The predicted octanol–water partition coefficient (Wildman–Crippen LogP) is 6.74. The van der Waals surface area contributed by atoms with Crippen LogP contribution in [0.2, 0.25) is 0 Å². The molecular formula is C24H27S+. The summed E-state index contributed by atoms with van der Waals surface area (Å²) in [5.41, 5.74) is 4.41. The lowest BCUT2D eigenvalue weighted by molar-refractivity contribution is 0.786. The summed E-state index contributed by atoms with van der Waals surface area (Å²) in [5.74, 6) is 0. The summed E-state index contributed by atoms with van der Waals surface area (Å²) in [6.45, 7) is 6.82. The average molecular weight is 348 g/mol. The van der Waals surface area contributed by atoms with Gasteiger partial charge in [-0.05, 0) is 79.8 Å². The van der Waals surface area contributed by atoms with Crippen molar-refractivity contribution in [3.8, 4) is 0 Å². The van der Waals surface area contributed by atoms with E-state index in [9.17, 15) is 0 Å². The zero-order valence-corrected chi connectivity index (χ0v) is 16.3. The van der Waals surface area contributed by atoms with Gasteiger partial charge in [0.15, 0.2) is 14.7 Å². The predicted molar refractivity (Wildman–Crippen MR) is 110 cm³/mol. The molecule has 0 atom stereocenters. The molecule has 0 radical (unpaired) electrons. The van der Waals surface area contributed by atoms with E-state index in [1.165, 1.54) is 50.6 Å². The molecule has 0 spiro atoms. The van der Waals surface area contributed by atoms with Gasteiger partial charge < -0.3 is 0 Å². The fraction of sp³-hybridized carbons (Fsp3) is 0.250. The van der Waals surface area contributed by atoms with Crippen LogP contribution in [0.25, 0.3) is 0 Å². The number of unbranched alkanes of at least 4 members (excludes halogenated alkanes) is 1. The molecule has 0 aliphatic rings. The van der Waals surface area contributed by atoms with Gasteiger partial charge in [-0.1, -0.05) is 49.7 Å². The van der Waals surface area contributed by atoms with Crippen molar-refractivity contribution in [2.24, 2.45) is 0 Å². The Bertz CT molecular complexity index is 744. The minimum atomic E-state index is -0.0492. The van der Waals surface area contributed by atoms with Gasteiger partial charge in [0.2, 0.25) is 0 Å². The average Bonchev–Trinajstić information content (AvgIpc) is 2.63. The summed E-state index contributed by atoms with van der Waals surface area (Å²) in [6, 6.07) is 26.6. The van der Waals surface area contributed by atoms with Crippen molar-refractivity contribution in [2.45, 2.75) is 54.7 Å². The molecule has 3 rings (SSSR count). The fourth-order valence-electron chi connectivity index (χ4n) is 3.34. The van der Waals surface area contributed by atoms with Crippen LogP contribution in [0, 0.1) is 13.8 Å². The molecule has 0 aromatic heterocycles. The zero-order chi connectivity index (χ0) is 17.6. The molecule has 0 nitrogen and oxygen atoms in total. The molecule has 0 N–H and O–H groups in total. The number of hydrogen-bond donors (Lipinski definition) is 0. The van der Waals surface area contributed by atoms with Crippen LogP contribution >= 0.6 is 0 Å². The van der Waals surface area contributed by atoms with E-state index in [0.717, 1.165) is 0 Å². The Morgan fingerprint density at radius 3 is 1.60 bits per heavy atom. The SMILES string of the molecule is CCCCc1c(C)cc([S+](c2ccccc2)c2ccccc2)cc1C. The number of benzene rings is 3. The van der Waals surface area contributed by atoms with E-state index in [4.69, 9.17) is 0 Å². The highest BCUT2D eigenvalue weighted by atomic mass is 32.2. The van der Waals surface area contributed by atoms with E-state index < -0.39 is 0 Å². The highest BCUT2D eigenvalue weighted by Gasteiger charge is 2.29. The summed E-state index contributed by atoms with van der Waals surface area (Å²) < 4.78 is 0. The van der Waals surface area contributed by atoms with E-state index in [1.807, 2.05) is 0 Å². The van der Waals surface area contributed by atoms with Crippen LogP contribution < -0.4 is 0 Å². The van der Waals surface area contributed by atoms with Crippen molar-refractivity contribution in [1.29, 1.82) is 0 Å². The molecule has 1 heteroatoms. The summed E-state index contributed by atoms with van der Waals surface area (Å²) in [7, 11) is -0.0492. The maximum absolute atomic E-state index is 2.42. The molecule has 0 heterocycles. The lowest BCUT2D eigenvalue weighted by Crippen LogP contribution is -2.07. The van der Waals surface area contributed by atoms with Crippen molar-refractivity contribution in [3.63, 3.8) is 0 Å². The van der Waals surface area contributed by atoms with E-state index in [2.05, 4.69) is 93.6 Å². The molecule has 3 aromatic rings. The van der Waals surface area contributed by atoms with Gasteiger partial charge in [0, 0.05) is 0 Å². The first-order valence-corrected chi connectivity index (χ1v) is 10.4. The van der Waals surface area contributed by atoms with Crippen LogP contribution in [0.3, 0.4) is 0 Å². The highest BCUT2D eigenvalue weighted by molar-refractivity contribution is 7.97. The molecule has 0 bridgehead atoms. The van der Waals surface area contributed by atoms with E-state index in [1.54, 1.807) is 0 Å². The van der Waals surface area contributed by atoms with Gasteiger partial charge >= 0.3 is 0 Å². The van der Waals surface area contributed by atoms with Crippen LogP contribution in [-0.4, -0.2) is 0 Å². The van der Waals surface area contributed by atoms with Gasteiger partial charge in [-0.2, -0.15) is 0 Å². The molecule has 25 heavy (non-hydrogen) atoms. The van der Waals surface area contributed by atoms with Crippen molar-refractivity contribution in [2.75, 3.05) is 0 Å². The third kappa shape index (κ3) is 4.16. The Morgan fingerprint density at radius 1 is 0.680 bits per heavy atom. The van der Waals surface area contributed by atoms with Gasteiger partial charge in [-0.25, -0.2) is 0 Å². The molecule has 0 aliphatic carbocycles. The lowest BCUT2D eigenvalue weighted by Gasteiger charge is -2.13. The van der Waals surface area contributed by atoms with Crippen molar-refractivity contribution < 1.29 is 0 Å². The maximum atomic E-state index is 2.42. The van der Waals surface area contributed by atoms with E-state index >= 15 is 0 Å². The summed E-state index contributed by atoms with van der Waals surface area (Å²) >= 11 is 0. The standard InChI is InChI=1S/C24H27S/c1-4-5-16-24-19(2)17-23(18-20(24)3)25(21-12-8-6-9-13-21)22-14-10-7-11-15-22/h6-15,17-18H,4-5,16H2,1-3H3/q+1. The van der Waals surface area contributed by atoms with Gasteiger partial charge in [0.1, 0.15) is 0 Å². The molecule has 0 saturated carbocycles. The van der Waals surface area contributed by atoms with Crippen molar-refractivity contribution in [1.82, 2.24) is 0 Å². The zero-order valence-electron chi connectivity index (χ0n) is 15.5. The van der Waals surface area contributed by atoms with E-state index in [0.29, 0.717) is 0 Å². The maximum Gasteiger partial charge on any atom is 0.167 e. The first-order valence-electron chi connectivity index (χ1n) is 9.15. The smallest absolute Gasteiger partial charge is 0.0654 e. The summed E-state index contributed by atoms with van der Waals surface area (Å²) in [4.78, 5) is 4.19. The number of rotatable bonds is 6. The molecule has 0 unspecified atom stereocenters. The van der Waals surface area contributed by atoms with Gasteiger partial charge in [0.05, 0.1) is 10.9 Å². The minimum absolute atomic E-state index is 0.0492. The van der Waals surface area contributed by atoms with Gasteiger partial charge in [-0.15, -0.1) is 0 Å². The normalized spacial score (nSPS) is 11.0. The summed E-state index contributed by atoms with van der Waals surface area (Å²) in [6.07, 6.45) is 3.71. The molecule has 3 aromatic carbocycles. The van der Waals surface area contributed by atoms with Gasteiger partial charge in [-0.3, -0.25) is 0 Å². The van der Waals surface area contributed by atoms with Gasteiger partial charge in [0.25, 0.3) is 0 Å². The summed E-state index contributed by atoms with van der Waals surface area (Å²) in [5, 5.41) is 0. The van der Waals surface area contributed by atoms with Crippen LogP contribution in [0.15, 0.2) is 87.5 Å². The van der Waals surface area contributed by atoms with E-state index in [-0.39, 0.29) is 10.9 Å². The number of aryl methyl sites for hydroxylation is 2. The van der Waals surface area contributed by atoms with Crippen molar-refractivity contribution >= 4 is 10.9 Å². The van der Waals surface area contributed by atoms with Crippen molar-refractivity contribution in [3.05, 3.63) is 89.5 Å². The second kappa shape index (κ2) is 8.40. The highest BCUT2D eigenvalue weighted by Crippen LogP contribution is 2.33. The van der Waals surface area contributed by atoms with Crippen LogP contribution in [0.5, 0.6) is 0 Å². The molecule has 128 valence electrons. The molecular weight excluding hydrogens is 320 g/mol. The minimum Gasteiger partial charge on any atom is -0.0654 e.